The highest BCUT2D eigenvalue weighted by molar-refractivity contribution is 7.26. The molecule has 0 N–H and O–H groups in total. The zero-order valence-electron chi connectivity index (χ0n) is 33.9. The lowest BCUT2D eigenvalue weighted by Crippen LogP contribution is -2.70. The summed E-state index contributed by atoms with van der Waals surface area (Å²) < 4.78 is 2.65. The molecule has 1 aliphatic carbocycles. The third-order valence-corrected chi connectivity index (χ3v) is 21.0. The lowest BCUT2D eigenvalue weighted by molar-refractivity contribution is 0.557. The van der Waals surface area contributed by atoms with Gasteiger partial charge in [-0.05, 0) is 113 Å². The van der Waals surface area contributed by atoms with E-state index >= 15 is 0 Å². The van der Waals surface area contributed by atoms with Crippen molar-refractivity contribution in [1.29, 1.82) is 0 Å². The van der Waals surface area contributed by atoms with Gasteiger partial charge in [0, 0.05) is 31.3 Å². The van der Waals surface area contributed by atoms with E-state index in [0.29, 0.717) is 0 Å². The summed E-state index contributed by atoms with van der Waals surface area (Å²) in [5, 5.41) is 8.63. The van der Waals surface area contributed by atoms with Crippen LogP contribution in [0.2, 0.25) is 0 Å². The van der Waals surface area contributed by atoms with E-state index in [1.54, 1.807) is 0 Å². The maximum atomic E-state index is 2.63. The van der Waals surface area contributed by atoms with Gasteiger partial charge >= 0.3 is 0 Å². The fourth-order valence-electron chi connectivity index (χ4n) is 12.6. The Balaban J connectivity index is 1.12. The van der Waals surface area contributed by atoms with E-state index in [1.165, 1.54) is 114 Å². The minimum absolute atomic E-state index is 0.172. The molecule has 0 saturated carbocycles. The Morgan fingerprint density at radius 3 is 1.52 bits per heavy atom. The van der Waals surface area contributed by atoms with E-state index in [0.717, 1.165) is 0 Å². The number of benzene rings is 9. The van der Waals surface area contributed by atoms with Gasteiger partial charge in [0.25, 0.3) is 0 Å². The number of rotatable bonds is 1. The standard InChI is InChI=1S/C58H39NSSi/c1-57(2)43-21-7-9-23-45(43)58(46-24-10-8-22-44(46)57)47-25-11-12-26-49(47)59(50-34-42-37-17-3-13-27-51(37)60-52(42)35-48(50)58)36-31-32-41-40-20-6-16-30-55(40)61(56(41)33-36)53-28-14-4-18-38(53)39-19-5-15-29-54(39)61/h3-35H,1-2H3. The quantitative estimate of drug-likeness (QED) is 0.149. The molecule has 0 saturated heterocycles. The SMILES string of the molecule is CC1(C)c2ccccc2C2(c3ccccc3N(c3ccc4c(c3)[Si]3(c5ccccc5-c5ccccc53)c3ccccc3-4)c3cc4c(cc32)sc2ccccc24)c2ccccc21. The fourth-order valence-corrected chi connectivity index (χ4v) is 19.3. The van der Waals surface area contributed by atoms with Crippen LogP contribution in [0.15, 0.2) is 200 Å². The Bertz CT molecular complexity index is 3440. The van der Waals surface area contributed by atoms with Gasteiger partial charge in [-0.1, -0.05) is 178 Å². The number of thiophene rings is 1. The van der Waals surface area contributed by atoms with Gasteiger partial charge in [0.05, 0.1) is 16.8 Å². The summed E-state index contributed by atoms with van der Waals surface area (Å²) >= 11 is 1.92. The van der Waals surface area contributed by atoms with Gasteiger partial charge in [0.2, 0.25) is 0 Å². The van der Waals surface area contributed by atoms with Crippen LogP contribution < -0.4 is 25.6 Å². The first-order valence-corrected chi connectivity index (χ1v) is 24.3. The predicted molar refractivity (Wildman–Crippen MR) is 260 cm³/mol. The summed E-state index contributed by atoms with van der Waals surface area (Å²) in [6.07, 6.45) is 0. The molecule has 0 amide bonds. The Kier molecular flexibility index (Phi) is 6.54. The number of anilines is 3. The van der Waals surface area contributed by atoms with Gasteiger partial charge in [-0.2, -0.15) is 0 Å². The minimum Gasteiger partial charge on any atom is -0.310 e. The number of hydrogen-bond donors (Lipinski definition) is 0. The Morgan fingerprint density at radius 1 is 0.377 bits per heavy atom. The van der Waals surface area contributed by atoms with Crippen LogP contribution in [-0.4, -0.2) is 8.07 Å². The molecular weight excluding hydrogens is 771 g/mol. The van der Waals surface area contributed by atoms with Crippen LogP contribution in [0, 0.1) is 0 Å². The second-order valence-corrected chi connectivity index (χ2v) is 22.6. The molecule has 3 aliphatic heterocycles. The maximum Gasteiger partial charge on any atom is 0.182 e. The molecule has 286 valence electrons. The molecule has 61 heavy (non-hydrogen) atoms. The molecule has 10 aromatic rings. The van der Waals surface area contributed by atoms with Gasteiger partial charge in [0.1, 0.15) is 0 Å². The minimum atomic E-state index is -2.67. The fraction of sp³-hybridized carbons (Fsp3) is 0.0690. The van der Waals surface area contributed by atoms with Crippen LogP contribution in [0.25, 0.3) is 42.4 Å². The van der Waals surface area contributed by atoms with Crippen LogP contribution in [0.4, 0.5) is 17.1 Å². The summed E-state index contributed by atoms with van der Waals surface area (Å²) in [6.45, 7) is 4.83. The molecule has 1 aromatic heterocycles. The Morgan fingerprint density at radius 2 is 0.885 bits per heavy atom. The third kappa shape index (κ3) is 3.98. The first-order valence-electron chi connectivity index (χ1n) is 21.5. The monoisotopic (exact) mass is 809 g/mol. The highest BCUT2D eigenvalue weighted by Crippen LogP contribution is 2.63. The molecule has 0 unspecified atom stereocenters. The Labute approximate surface area is 360 Å². The highest BCUT2D eigenvalue weighted by atomic mass is 32.1. The number of nitrogens with zero attached hydrogens (tertiary/aromatic N) is 1. The highest BCUT2D eigenvalue weighted by Gasteiger charge is 2.56. The van der Waals surface area contributed by atoms with Crippen molar-refractivity contribution in [2.75, 3.05) is 4.90 Å². The van der Waals surface area contributed by atoms with E-state index in [4.69, 9.17) is 0 Å². The molecule has 2 spiro atoms. The molecule has 0 fully saturated rings. The topological polar surface area (TPSA) is 3.24 Å². The van der Waals surface area contributed by atoms with Crippen molar-refractivity contribution in [2.24, 2.45) is 0 Å². The van der Waals surface area contributed by atoms with Gasteiger partial charge in [0.15, 0.2) is 8.07 Å². The predicted octanol–water partition coefficient (Wildman–Crippen LogP) is 12.2. The van der Waals surface area contributed by atoms with E-state index < -0.39 is 13.5 Å². The lowest BCUT2D eigenvalue weighted by Gasteiger charge is -2.52. The van der Waals surface area contributed by atoms with E-state index in [2.05, 4.69) is 219 Å². The van der Waals surface area contributed by atoms with Crippen LogP contribution in [0.3, 0.4) is 0 Å². The van der Waals surface area contributed by atoms with Crippen molar-refractivity contribution in [3.63, 3.8) is 0 Å². The van der Waals surface area contributed by atoms with Crippen LogP contribution >= 0.6 is 11.3 Å². The number of para-hydroxylation sites is 1. The molecule has 9 aromatic carbocycles. The van der Waals surface area contributed by atoms with Crippen molar-refractivity contribution in [2.45, 2.75) is 24.7 Å². The Hall–Kier alpha value is -6.78. The van der Waals surface area contributed by atoms with Crippen molar-refractivity contribution in [3.8, 4) is 22.3 Å². The molecule has 4 aliphatic rings. The van der Waals surface area contributed by atoms with Crippen LogP contribution in [0.1, 0.15) is 47.2 Å². The number of fused-ring (bicyclic) bond motifs is 21. The summed E-state index contributed by atoms with van der Waals surface area (Å²) in [4.78, 5) is 2.63. The van der Waals surface area contributed by atoms with Gasteiger partial charge < -0.3 is 4.90 Å². The second kappa shape index (κ2) is 11.7. The van der Waals surface area contributed by atoms with Gasteiger partial charge in [-0.25, -0.2) is 0 Å². The van der Waals surface area contributed by atoms with E-state index in [9.17, 15) is 0 Å². The van der Waals surface area contributed by atoms with Crippen molar-refractivity contribution >= 4 is 77.4 Å². The molecule has 4 heterocycles. The van der Waals surface area contributed by atoms with Gasteiger partial charge in [-0.3, -0.25) is 0 Å². The van der Waals surface area contributed by atoms with E-state index in [1.807, 2.05) is 11.3 Å². The summed E-state index contributed by atoms with van der Waals surface area (Å²) in [7, 11) is -2.67. The average molecular weight is 810 g/mol. The summed E-state index contributed by atoms with van der Waals surface area (Å²) in [6, 6.07) is 77.3. The largest absolute Gasteiger partial charge is 0.310 e. The molecular formula is C58H39NSSi. The second-order valence-electron chi connectivity index (χ2n) is 17.9. The molecule has 1 nitrogen and oxygen atoms in total. The zero-order chi connectivity index (χ0) is 40.2. The van der Waals surface area contributed by atoms with E-state index in [-0.39, 0.29) is 5.41 Å². The summed E-state index contributed by atoms with van der Waals surface area (Å²) in [5.74, 6) is 0. The molecule has 14 rings (SSSR count). The lowest BCUT2D eigenvalue weighted by atomic mass is 9.53. The molecule has 0 atom stereocenters. The molecule has 3 heteroatoms. The first-order chi connectivity index (χ1) is 30.0. The van der Waals surface area contributed by atoms with Crippen molar-refractivity contribution in [1.82, 2.24) is 0 Å². The third-order valence-electron chi connectivity index (χ3n) is 14.9. The zero-order valence-corrected chi connectivity index (χ0v) is 35.7. The van der Waals surface area contributed by atoms with Crippen molar-refractivity contribution in [3.05, 3.63) is 234 Å². The van der Waals surface area contributed by atoms with Gasteiger partial charge in [-0.15, -0.1) is 11.3 Å². The number of hydrogen-bond acceptors (Lipinski definition) is 2. The maximum absolute atomic E-state index is 2.67. The summed E-state index contributed by atoms with van der Waals surface area (Å²) in [5.41, 5.74) is 16.7. The smallest absolute Gasteiger partial charge is 0.182 e. The van der Waals surface area contributed by atoms with Crippen LogP contribution in [0.5, 0.6) is 0 Å². The van der Waals surface area contributed by atoms with Crippen LogP contribution in [-0.2, 0) is 10.8 Å². The van der Waals surface area contributed by atoms with Crippen molar-refractivity contribution < 1.29 is 0 Å². The molecule has 0 bridgehead atoms. The normalized spacial score (nSPS) is 16.1. The molecule has 0 radical (unpaired) electrons. The first kappa shape index (κ1) is 34.0. The average Bonchev–Trinajstić information content (AvgIpc) is 3.93.